The van der Waals surface area contributed by atoms with Gasteiger partial charge in [-0.15, -0.1) is 10.2 Å². The van der Waals surface area contributed by atoms with Crippen LogP contribution in [0.2, 0.25) is 0 Å². The van der Waals surface area contributed by atoms with E-state index in [0.717, 1.165) is 0 Å². The van der Waals surface area contributed by atoms with E-state index in [1.807, 2.05) is 0 Å². The molecule has 9 heteroatoms. The van der Waals surface area contributed by atoms with Gasteiger partial charge in [0, 0.05) is 0 Å². The number of aromatic amines is 1. The second-order valence-corrected chi connectivity index (χ2v) is 2.38. The maximum atomic E-state index is 12.2. The molecule has 0 fully saturated rings. The summed E-state index contributed by atoms with van der Waals surface area (Å²) in [5, 5.41) is 11.9. The summed E-state index contributed by atoms with van der Waals surface area (Å²) in [7, 11) is 0. The zero-order chi connectivity index (χ0) is 10.6. The lowest BCUT2D eigenvalue weighted by molar-refractivity contribution is -0.168. The number of halogens is 4. The fourth-order valence-corrected chi connectivity index (χ4v) is 0.585. The molecule has 1 aromatic rings. The lowest BCUT2D eigenvalue weighted by Crippen LogP contribution is -2.32. The first-order valence-electron chi connectivity index (χ1n) is 3.48. The van der Waals surface area contributed by atoms with E-state index < -0.39 is 25.6 Å². The summed E-state index contributed by atoms with van der Waals surface area (Å²) in [4.78, 5) is 0. The molecule has 0 aliphatic rings. The maximum absolute atomic E-state index is 12.2. The molecular weight excluding hydrogens is 208 g/mol. The number of tetrazole rings is 1. The van der Waals surface area contributed by atoms with Crippen LogP contribution >= 0.6 is 0 Å². The van der Waals surface area contributed by atoms with Gasteiger partial charge in [0.25, 0.3) is 0 Å². The second-order valence-electron chi connectivity index (χ2n) is 2.38. The van der Waals surface area contributed by atoms with E-state index in [4.69, 9.17) is 0 Å². The highest BCUT2D eigenvalue weighted by molar-refractivity contribution is 4.72. The molecule has 0 aromatic carbocycles. The zero-order valence-electron chi connectivity index (χ0n) is 6.75. The smallest absolute Gasteiger partial charge is 0.330 e. The Labute approximate surface area is 75.4 Å². The fourth-order valence-electron chi connectivity index (χ4n) is 0.585. The predicted molar refractivity (Wildman–Crippen MR) is 34.8 cm³/mol. The number of H-pyrrole nitrogens is 1. The largest absolute Gasteiger partial charge is 0.367 e. The molecule has 1 N–H and O–H groups in total. The maximum Gasteiger partial charge on any atom is 0.330 e. The minimum Gasteiger partial charge on any atom is -0.367 e. The summed E-state index contributed by atoms with van der Waals surface area (Å²) < 4.78 is 52.0. The van der Waals surface area contributed by atoms with Crippen molar-refractivity contribution in [3.63, 3.8) is 0 Å². The number of hydrogen-bond donors (Lipinski definition) is 1. The van der Waals surface area contributed by atoms with Crippen LogP contribution in [0.15, 0.2) is 0 Å². The molecular formula is C5H6F4N4O. The van der Waals surface area contributed by atoms with Gasteiger partial charge >= 0.3 is 12.3 Å². The van der Waals surface area contributed by atoms with Gasteiger partial charge in [0.05, 0.1) is 0 Å². The Morgan fingerprint density at radius 3 is 2.64 bits per heavy atom. The number of rotatable bonds is 5. The van der Waals surface area contributed by atoms with E-state index in [2.05, 4.69) is 25.4 Å². The van der Waals surface area contributed by atoms with E-state index in [1.54, 1.807) is 0 Å². The van der Waals surface area contributed by atoms with Crippen molar-refractivity contribution in [2.24, 2.45) is 0 Å². The normalized spacial score (nSPS) is 12.4. The number of hydrogen-bond acceptors (Lipinski definition) is 4. The summed E-state index contributed by atoms with van der Waals surface area (Å²) in [6, 6.07) is 0. The Bertz CT molecular complexity index is 265. The van der Waals surface area contributed by atoms with Crippen LogP contribution < -0.4 is 0 Å². The van der Waals surface area contributed by atoms with Crippen molar-refractivity contribution >= 4 is 0 Å². The molecule has 0 atom stereocenters. The van der Waals surface area contributed by atoms with Crippen molar-refractivity contribution in [2.75, 3.05) is 6.61 Å². The van der Waals surface area contributed by atoms with Crippen LogP contribution in [0.5, 0.6) is 0 Å². The van der Waals surface area contributed by atoms with Gasteiger partial charge in [-0.25, -0.2) is 8.78 Å². The molecule has 0 aliphatic carbocycles. The van der Waals surface area contributed by atoms with Gasteiger partial charge in [0.15, 0.2) is 5.82 Å². The number of alkyl halides is 4. The van der Waals surface area contributed by atoms with Crippen LogP contribution in [0, 0.1) is 0 Å². The molecule has 0 bridgehead atoms. The molecule has 0 saturated carbocycles. The minimum atomic E-state index is -4.15. The third kappa shape index (κ3) is 2.91. The van der Waals surface area contributed by atoms with Crippen molar-refractivity contribution in [1.29, 1.82) is 0 Å². The monoisotopic (exact) mass is 214 g/mol. The standard InChI is InChI=1S/C5H6F4N4O/c6-4(7)5(8,9)2-14-1-3-10-12-13-11-3/h4H,1-2H2,(H,10,11,12,13). The van der Waals surface area contributed by atoms with E-state index in [1.165, 1.54) is 0 Å². The summed E-state index contributed by atoms with van der Waals surface area (Å²) in [5.41, 5.74) is 0. The van der Waals surface area contributed by atoms with Crippen LogP contribution in [0.1, 0.15) is 5.82 Å². The first-order valence-corrected chi connectivity index (χ1v) is 3.48. The van der Waals surface area contributed by atoms with E-state index in [9.17, 15) is 17.6 Å². The van der Waals surface area contributed by atoms with Gasteiger partial charge in [-0.2, -0.15) is 14.0 Å². The molecule has 0 aliphatic heterocycles. The second kappa shape index (κ2) is 4.31. The highest BCUT2D eigenvalue weighted by Crippen LogP contribution is 2.22. The zero-order valence-corrected chi connectivity index (χ0v) is 6.75. The van der Waals surface area contributed by atoms with Crippen LogP contribution in [0.3, 0.4) is 0 Å². The van der Waals surface area contributed by atoms with Crippen molar-refractivity contribution in [3.8, 4) is 0 Å². The lowest BCUT2D eigenvalue weighted by Gasteiger charge is -2.14. The third-order valence-electron chi connectivity index (χ3n) is 1.23. The van der Waals surface area contributed by atoms with Gasteiger partial charge in [-0.3, -0.25) is 0 Å². The number of ether oxygens (including phenoxy) is 1. The van der Waals surface area contributed by atoms with E-state index >= 15 is 0 Å². The van der Waals surface area contributed by atoms with Crippen LogP contribution in [0.25, 0.3) is 0 Å². The molecule has 14 heavy (non-hydrogen) atoms. The Morgan fingerprint density at radius 2 is 2.14 bits per heavy atom. The molecule has 0 amide bonds. The summed E-state index contributed by atoms with van der Waals surface area (Å²) >= 11 is 0. The molecule has 0 spiro atoms. The van der Waals surface area contributed by atoms with Gasteiger partial charge in [-0.05, 0) is 0 Å². The predicted octanol–water partition coefficient (Wildman–Crippen LogP) is 0.617. The average Bonchev–Trinajstić information content (AvgIpc) is 2.56. The van der Waals surface area contributed by atoms with Gasteiger partial charge in [0.1, 0.15) is 13.2 Å². The SMILES string of the molecule is FC(F)C(F)(F)COCc1nn[nH]n1. The van der Waals surface area contributed by atoms with Gasteiger partial charge in [-0.1, -0.05) is 5.21 Å². The molecule has 1 heterocycles. The summed E-state index contributed by atoms with van der Waals surface area (Å²) in [6.45, 7) is -1.77. The average molecular weight is 214 g/mol. The van der Waals surface area contributed by atoms with Gasteiger partial charge < -0.3 is 4.74 Å². The van der Waals surface area contributed by atoms with Gasteiger partial charge in [0.2, 0.25) is 0 Å². The van der Waals surface area contributed by atoms with Crippen LogP contribution in [-0.4, -0.2) is 39.6 Å². The van der Waals surface area contributed by atoms with E-state index in [-0.39, 0.29) is 5.82 Å². The molecule has 0 saturated heterocycles. The Morgan fingerprint density at radius 1 is 1.43 bits per heavy atom. The first-order chi connectivity index (χ1) is 6.52. The van der Waals surface area contributed by atoms with Crippen molar-refractivity contribution < 1.29 is 22.3 Å². The van der Waals surface area contributed by atoms with Crippen molar-refractivity contribution in [1.82, 2.24) is 20.6 Å². The Kier molecular flexibility index (Phi) is 3.33. The summed E-state index contributed by atoms with van der Waals surface area (Å²) in [5.74, 6) is -4.13. The molecule has 1 rings (SSSR count). The quantitative estimate of drug-likeness (QED) is 0.729. The lowest BCUT2D eigenvalue weighted by atomic mass is 10.4. The number of nitrogens with zero attached hydrogens (tertiary/aromatic N) is 3. The Hall–Kier alpha value is -1.25. The number of nitrogens with one attached hydrogen (secondary N) is 1. The van der Waals surface area contributed by atoms with Crippen LogP contribution in [0.4, 0.5) is 17.6 Å². The first kappa shape index (κ1) is 10.8. The Balaban J connectivity index is 2.28. The highest BCUT2D eigenvalue weighted by atomic mass is 19.3. The summed E-state index contributed by atoms with van der Waals surface area (Å²) in [6.07, 6.45) is -3.74. The molecule has 80 valence electrons. The molecule has 5 nitrogen and oxygen atoms in total. The fraction of sp³-hybridized carbons (Fsp3) is 0.800. The number of aromatic nitrogens is 4. The van der Waals surface area contributed by atoms with Crippen molar-refractivity contribution in [3.05, 3.63) is 5.82 Å². The molecule has 0 radical (unpaired) electrons. The van der Waals surface area contributed by atoms with E-state index in [0.29, 0.717) is 0 Å². The topological polar surface area (TPSA) is 63.7 Å². The van der Waals surface area contributed by atoms with Crippen molar-refractivity contribution in [2.45, 2.75) is 19.0 Å². The molecule has 0 unspecified atom stereocenters. The highest BCUT2D eigenvalue weighted by Gasteiger charge is 2.40. The third-order valence-corrected chi connectivity index (χ3v) is 1.23. The minimum absolute atomic E-state index is 0.0232. The van der Waals surface area contributed by atoms with Crippen LogP contribution in [-0.2, 0) is 11.3 Å². The molecule has 1 aromatic heterocycles.